The molecule has 0 atom stereocenters. The van der Waals surface area contributed by atoms with Gasteiger partial charge in [-0.15, -0.1) is 23.2 Å². The molecule has 3 heterocycles. The number of anilines is 4. The van der Waals surface area contributed by atoms with E-state index in [-0.39, 0.29) is 47.7 Å². The maximum atomic E-state index is 13.2. The Labute approximate surface area is 287 Å². The molecule has 1 aromatic carbocycles. The highest BCUT2D eigenvalue weighted by atomic mass is 35.5. The second kappa shape index (κ2) is 16.1. The number of hydrogen-bond donors (Lipinski definition) is 8. The topological polar surface area (TPSA) is 206 Å². The van der Waals surface area contributed by atoms with Crippen LogP contribution in [-0.2, 0) is 7.05 Å². The predicted molar refractivity (Wildman–Crippen MR) is 189 cm³/mol. The van der Waals surface area contributed by atoms with Crippen molar-refractivity contribution in [3.63, 3.8) is 0 Å². The molecule has 0 unspecified atom stereocenters. The number of alkyl halides is 2. The molecule has 254 valence electrons. The van der Waals surface area contributed by atoms with Gasteiger partial charge in [0.2, 0.25) is 0 Å². The number of amidine groups is 1. The normalized spacial score (nSPS) is 10.8. The van der Waals surface area contributed by atoms with Crippen molar-refractivity contribution >= 4 is 75.4 Å². The third kappa shape index (κ3) is 8.57. The number of amides is 4. The van der Waals surface area contributed by atoms with E-state index in [9.17, 15) is 19.2 Å². The molecule has 0 aliphatic heterocycles. The Morgan fingerprint density at radius 3 is 1.98 bits per heavy atom. The summed E-state index contributed by atoms with van der Waals surface area (Å²) < 4.78 is 1.59. The zero-order valence-corrected chi connectivity index (χ0v) is 28.2. The fourth-order valence-corrected chi connectivity index (χ4v) is 5.36. The molecule has 4 rings (SSSR count). The van der Waals surface area contributed by atoms with Gasteiger partial charge in [-0.2, -0.15) is 0 Å². The SMILES string of the molecule is Cc1c(NC(=O)c2[nH]cc(NC(=O)c3cc(NC(=O)c4ccc(N(CCCl)CCCl)cc4)cn3C)c2C)c[nH]c1C(=O)NCCC(=N)N. The van der Waals surface area contributed by atoms with Gasteiger partial charge in [-0.1, -0.05) is 0 Å². The van der Waals surface area contributed by atoms with Crippen molar-refractivity contribution in [1.29, 1.82) is 5.41 Å². The van der Waals surface area contributed by atoms with Gasteiger partial charge in [-0.25, -0.2) is 0 Å². The van der Waals surface area contributed by atoms with Crippen molar-refractivity contribution in [2.24, 2.45) is 12.8 Å². The Hall–Kier alpha value is -5.21. The van der Waals surface area contributed by atoms with Crippen molar-refractivity contribution in [3.05, 3.63) is 82.7 Å². The number of halogens is 2. The number of nitrogens with zero attached hydrogens (tertiary/aromatic N) is 2. The van der Waals surface area contributed by atoms with E-state index in [0.29, 0.717) is 58.6 Å². The summed E-state index contributed by atoms with van der Waals surface area (Å²) in [5, 5.41) is 18.3. The van der Waals surface area contributed by atoms with E-state index in [4.69, 9.17) is 34.3 Å². The van der Waals surface area contributed by atoms with Gasteiger partial charge in [0.25, 0.3) is 23.6 Å². The maximum absolute atomic E-state index is 13.2. The smallest absolute Gasteiger partial charge is 0.272 e. The first-order chi connectivity index (χ1) is 22.9. The third-order valence-electron chi connectivity index (χ3n) is 7.61. The minimum atomic E-state index is -0.471. The van der Waals surface area contributed by atoms with E-state index in [1.807, 2.05) is 17.0 Å². The molecule has 0 saturated heterocycles. The molecule has 0 spiro atoms. The summed E-state index contributed by atoms with van der Waals surface area (Å²) in [6.45, 7) is 4.85. The Kier molecular flexibility index (Phi) is 11.9. The monoisotopic (exact) mass is 696 g/mol. The van der Waals surface area contributed by atoms with Gasteiger partial charge < -0.3 is 46.4 Å². The zero-order valence-electron chi connectivity index (χ0n) is 26.7. The van der Waals surface area contributed by atoms with Crippen LogP contribution in [0.25, 0.3) is 0 Å². The molecule has 0 saturated carbocycles. The first kappa shape index (κ1) is 35.6. The van der Waals surface area contributed by atoms with Crippen molar-refractivity contribution < 1.29 is 19.2 Å². The van der Waals surface area contributed by atoms with Crippen LogP contribution in [0.1, 0.15) is 59.4 Å². The van der Waals surface area contributed by atoms with E-state index < -0.39 is 11.8 Å². The minimum absolute atomic E-state index is 0.0339. The number of nitrogens with one attached hydrogen (secondary N) is 7. The summed E-state index contributed by atoms with van der Waals surface area (Å²) in [6.07, 6.45) is 4.87. The summed E-state index contributed by atoms with van der Waals surface area (Å²) in [5.41, 5.74) is 9.71. The number of carbonyl (C=O) groups is 4. The molecule has 0 aliphatic rings. The number of aryl methyl sites for hydroxylation is 1. The summed E-state index contributed by atoms with van der Waals surface area (Å²) in [5.74, 6) is -0.776. The summed E-state index contributed by atoms with van der Waals surface area (Å²) in [7, 11) is 1.68. The number of rotatable bonds is 15. The van der Waals surface area contributed by atoms with E-state index in [1.54, 1.807) is 49.9 Å². The van der Waals surface area contributed by atoms with Gasteiger partial charge in [-0.3, -0.25) is 24.6 Å². The Balaban J connectivity index is 1.37. The van der Waals surface area contributed by atoms with Crippen LogP contribution in [0, 0.1) is 19.3 Å². The first-order valence-corrected chi connectivity index (χ1v) is 16.0. The minimum Gasteiger partial charge on any atom is -0.388 e. The summed E-state index contributed by atoms with van der Waals surface area (Å²) in [4.78, 5) is 59.5. The van der Waals surface area contributed by atoms with Crippen LogP contribution in [0.15, 0.2) is 48.9 Å². The molecule has 48 heavy (non-hydrogen) atoms. The lowest BCUT2D eigenvalue weighted by molar-refractivity contribution is 0.0947. The molecule has 16 heteroatoms. The van der Waals surface area contributed by atoms with Crippen LogP contribution in [-0.4, -0.2) is 75.4 Å². The van der Waals surface area contributed by atoms with E-state index in [2.05, 4.69) is 31.2 Å². The number of carbonyl (C=O) groups excluding carboxylic acids is 4. The van der Waals surface area contributed by atoms with Crippen molar-refractivity contribution in [3.8, 4) is 0 Å². The average molecular weight is 698 g/mol. The average Bonchev–Trinajstić information content (AvgIpc) is 3.72. The molecule has 0 fully saturated rings. The lowest BCUT2D eigenvalue weighted by Gasteiger charge is -2.22. The molecule has 0 bridgehead atoms. The zero-order chi connectivity index (χ0) is 35.0. The van der Waals surface area contributed by atoms with Crippen LogP contribution in [0.4, 0.5) is 22.7 Å². The molecule has 0 aliphatic carbocycles. The number of hydrogen-bond acceptors (Lipinski definition) is 6. The van der Waals surface area contributed by atoms with Crippen LogP contribution in [0.2, 0.25) is 0 Å². The fourth-order valence-electron chi connectivity index (χ4n) is 4.95. The summed E-state index contributed by atoms with van der Waals surface area (Å²) in [6, 6.07) is 8.65. The van der Waals surface area contributed by atoms with Crippen LogP contribution in [0.5, 0.6) is 0 Å². The highest BCUT2D eigenvalue weighted by Crippen LogP contribution is 2.24. The number of benzene rings is 1. The van der Waals surface area contributed by atoms with Gasteiger partial charge >= 0.3 is 0 Å². The maximum Gasteiger partial charge on any atom is 0.272 e. The molecule has 0 radical (unpaired) electrons. The molecular weight excluding hydrogens is 659 g/mol. The molecule has 9 N–H and O–H groups in total. The van der Waals surface area contributed by atoms with Gasteiger partial charge in [0, 0.05) is 85.8 Å². The Morgan fingerprint density at radius 1 is 0.854 bits per heavy atom. The van der Waals surface area contributed by atoms with Gasteiger partial charge in [0.05, 0.1) is 22.9 Å². The molecule has 4 aromatic rings. The second-order valence-corrected chi connectivity index (χ2v) is 11.7. The number of aromatic nitrogens is 3. The van der Waals surface area contributed by atoms with Crippen LogP contribution >= 0.6 is 23.2 Å². The lowest BCUT2D eigenvalue weighted by atomic mass is 10.1. The van der Waals surface area contributed by atoms with E-state index >= 15 is 0 Å². The number of aromatic amines is 2. The van der Waals surface area contributed by atoms with Crippen molar-refractivity contribution in [1.82, 2.24) is 19.9 Å². The third-order valence-corrected chi connectivity index (χ3v) is 7.95. The summed E-state index contributed by atoms with van der Waals surface area (Å²) >= 11 is 11.8. The van der Waals surface area contributed by atoms with Crippen molar-refractivity contribution in [2.45, 2.75) is 20.3 Å². The molecule has 14 nitrogen and oxygen atoms in total. The molecule has 3 aromatic heterocycles. The lowest BCUT2D eigenvalue weighted by Crippen LogP contribution is -2.28. The number of H-pyrrole nitrogens is 2. The van der Waals surface area contributed by atoms with Crippen LogP contribution in [0.3, 0.4) is 0 Å². The van der Waals surface area contributed by atoms with E-state index in [0.717, 1.165) is 5.69 Å². The fraction of sp³-hybridized carbons (Fsp3) is 0.281. The molecule has 4 amide bonds. The Bertz CT molecular complexity index is 1800. The highest BCUT2D eigenvalue weighted by molar-refractivity contribution is 6.18. The van der Waals surface area contributed by atoms with Crippen LogP contribution < -0.4 is 31.9 Å². The number of nitrogens with two attached hydrogens (primary N) is 1. The second-order valence-electron chi connectivity index (χ2n) is 10.9. The van der Waals surface area contributed by atoms with Gasteiger partial charge in [0.1, 0.15) is 17.1 Å². The van der Waals surface area contributed by atoms with Gasteiger partial charge in [-0.05, 0) is 44.2 Å². The largest absolute Gasteiger partial charge is 0.388 e. The predicted octanol–water partition coefficient (Wildman–Crippen LogP) is 4.39. The first-order valence-electron chi connectivity index (χ1n) is 15.0. The highest BCUT2D eigenvalue weighted by Gasteiger charge is 2.21. The van der Waals surface area contributed by atoms with Crippen molar-refractivity contribution in [2.75, 3.05) is 52.2 Å². The standard InChI is InChI=1S/C32H38Cl2N10O4/c1-18-24(16-38-27(18)31(47)37-11-8-26(35)36)42-32(48)28-19(2)23(15-39-28)41-30(46)25-14-21(17-43(25)3)40-29(45)20-4-6-22(7-5-20)44(12-9-33)13-10-34/h4-7,14-17,38-39H,8-13H2,1-3H3,(H3,35,36)(H,37,47)(H,40,45)(H,41,46)(H,42,48). The van der Waals surface area contributed by atoms with Gasteiger partial charge in [0.15, 0.2) is 0 Å². The molecular formula is C32H38Cl2N10O4. The quantitative estimate of drug-likeness (QED) is 0.0513. The Morgan fingerprint density at radius 2 is 1.42 bits per heavy atom. The van der Waals surface area contributed by atoms with E-state index in [1.165, 1.54) is 12.4 Å².